The van der Waals surface area contributed by atoms with E-state index in [4.69, 9.17) is 4.74 Å². The third-order valence-electron chi connectivity index (χ3n) is 3.33. The molecule has 0 fully saturated rings. The minimum absolute atomic E-state index is 0.168. The summed E-state index contributed by atoms with van der Waals surface area (Å²) >= 11 is 0. The lowest BCUT2D eigenvalue weighted by Crippen LogP contribution is -2.37. The highest BCUT2D eigenvalue weighted by molar-refractivity contribution is 5.25. The van der Waals surface area contributed by atoms with Crippen molar-refractivity contribution < 1.29 is 4.74 Å². The molecule has 1 atom stereocenters. The first-order chi connectivity index (χ1) is 8.76. The largest absolute Gasteiger partial charge is 0.382 e. The summed E-state index contributed by atoms with van der Waals surface area (Å²) in [5.74, 6) is 0. The lowest BCUT2D eigenvalue weighted by atomic mass is 10.1. The summed E-state index contributed by atoms with van der Waals surface area (Å²) in [4.78, 5) is 0. The second-order valence-electron chi connectivity index (χ2n) is 6.33. The molecule has 0 amide bonds. The Morgan fingerprint density at radius 1 is 1.32 bits per heavy atom. The molecule has 0 radical (unpaired) electrons. The standard InChI is InChI=1S/C15H29N3O/c1-11(10-19-7)18-13(3)14(12(2)17-18)8-9-16-15(4,5)6/h11,16H,8-10H2,1-7H3. The van der Waals surface area contributed by atoms with E-state index in [9.17, 15) is 0 Å². The predicted octanol–water partition coefficient (Wildman–Crippen LogP) is 2.64. The maximum atomic E-state index is 5.21. The van der Waals surface area contributed by atoms with Crippen LogP contribution in [-0.2, 0) is 11.2 Å². The molecule has 0 saturated carbocycles. The van der Waals surface area contributed by atoms with E-state index >= 15 is 0 Å². The van der Waals surface area contributed by atoms with Crippen molar-refractivity contribution in [1.82, 2.24) is 15.1 Å². The Labute approximate surface area is 117 Å². The molecule has 1 rings (SSSR count). The highest BCUT2D eigenvalue weighted by Crippen LogP contribution is 2.18. The Balaban J connectivity index is 2.74. The van der Waals surface area contributed by atoms with Crippen molar-refractivity contribution in [3.63, 3.8) is 0 Å². The van der Waals surface area contributed by atoms with Crippen molar-refractivity contribution in [1.29, 1.82) is 0 Å². The molecule has 0 aromatic carbocycles. The zero-order valence-corrected chi connectivity index (χ0v) is 13.5. The van der Waals surface area contributed by atoms with E-state index in [1.165, 1.54) is 11.3 Å². The van der Waals surface area contributed by atoms with Gasteiger partial charge >= 0.3 is 0 Å². The molecular weight excluding hydrogens is 238 g/mol. The topological polar surface area (TPSA) is 39.1 Å². The van der Waals surface area contributed by atoms with Crippen molar-refractivity contribution >= 4 is 0 Å². The molecule has 0 spiro atoms. The van der Waals surface area contributed by atoms with Crippen LogP contribution in [0.1, 0.15) is 50.7 Å². The number of nitrogens with zero attached hydrogens (tertiary/aromatic N) is 2. The summed E-state index contributed by atoms with van der Waals surface area (Å²) < 4.78 is 7.30. The van der Waals surface area contributed by atoms with Crippen molar-refractivity contribution in [2.45, 2.75) is 59.5 Å². The minimum Gasteiger partial charge on any atom is -0.382 e. The monoisotopic (exact) mass is 267 g/mol. The smallest absolute Gasteiger partial charge is 0.0727 e. The summed E-state index contributed by atoms with van der Waals surface area (Å²) in [5, 5.41) is 8.18. The lowest BCUT2D eigenvalue weighted by molar-refractivity contribution is 0.156. The molecule has 4 heteroatoms. The first-order valence-electron chi connectivity index (χ1n) is 7.05. The van der Waals surface area contributed by atoms with Gasteiger partial charge in [0, 0.05) is 18.3 Å². The van der Waals surface area contributed by atoms with Gasteiger partial charge in [0.25, 0.3) is 0 Å². The van der Waals surface area contributed by atoms with Crippen LogP contribution in [0.15, 0.2) is 0 Å². The van der Waals surface area contributed by atoms with Gasteiger partial charge in [0.1, 0.15) is 0 Å². The zero-order chi connectivity index (χ0) is 14.6. The highest BCUT2D eigenvalue weighted by Gasteiger charge is 2.16. The summed E-state index contributed by atoms with van der Waals surface area (Å²) in [5.41, 5.74) is 3.93. The van der Waals surface area contributed by atoms with Crippen LogP contribution in [0.3, 0.4) is 0 Å². The Morgan fingerprint density at radius 3 is 2.47 bits per heavy atom. The third kappa shape index (κ3) is 4.62. The molecule has 0 bridgehead atoms. The van der Waals surface area contributed by atoms with Gasteiger partial charge < -0.3 is 10.1 Å². The predicted molar refractivity (Wildman–Crippen MR) is 79.7 cm³/mol. The van der Waals surface area contributed by atoms with Crippen molar-refractivity contribution in [3.05, 3.63) is 17.0 Å². The minimum atomic E-state index is 0.168. The van der Waals surface area contributed by atoms with E-state index in [-0.39, 0.29) is 11.6 Å². The van der Waals surface area contributed by atoms with Crippen molar-refractivity contribution in [2.75, 3.05) is 20.3 Å². The average molecular weight is 267 g/mol. The number of hydrogen-bond donors (Lipinski definition) is 1. The van der Waals surface area contributed by atoms with Crippen molar-refractivity contribution in [3.8, 4) is 0 Å². The quantitative estimate of drug-likeness (QED) is 0.861. The highest BCUT2D eigenvalue weighted by atomic mass is 16.5. The Morgan fingerprint density at radius 2 is 1.95 bits per heavy atom. The SMILES string of the molecule is COCC(C)n1nc(C)c(CCNC(C)(C)C)c1C. The number of methoxy groups -OCH3 is 1. The Bertz CT molecular complexity index is 404. The van der Waals surface area contributed by atoms with Gasteiger partial charge in [-0.25, -0.2) is 0 Å². The van der Waals surface area contributed by atoms with Gasteiger partial charge in [-0.2, -0.15) is 5.10 Å². The van der Waals surface area contributed by atoms with Gasteiger partial charge in [-0.05, 0) is 60.1 Å². The number of ether oxygens (including phenoxy) is 1. The number of aryl methyl sites for hydroxylation is 1. The van der Waals surface area contributed by atoms with E-state index in [2.05, 4.69) is 56.6 Å². The summed E-state index contributed by atoms with van der Waals surface area (Å²) in [6.45, 7) is 14.6. The molecule has 0 saturated heterocycles. The van der Waals surface area contributed by atoms with E-state index in [0.29, 0.717) is 6.61 Å². The van der Waals surface area contributed by atoms with E-state index in [1.54, 1.807) is 7.11 Å². The van der Waals surface area contributed by atoms with E-state index in [1.807, 2.05) is 0 Å². The van der Waals surface area contributed by atoms with Crippen LogP contribution in [0.25, 0.3) is 0 Å². The molecule has 110 valence electrons. The number of hydrogen-bond acceptors (Lipinski definition) is 3. The van der Waals surface area contributed by atoms with Gasteiger partial charge in [0.05, 0.1) is 18.3 Å². The second-order valence-corrected chi connectivity index (χ2v) is 6.33. The maximum absolute atomic E-state index is 5.21. The molecule has 1 aromatic heterocycles. The van der Waals surface area contributed by atoms with Gasteiger partial charge in [-0.3, -0.25) is 4.68 Å². The Kier molecular flexibility index (Phi) is 5.56. The molecule has 19 heavy (non-hydrogen) atoms. The molecule has 1 N–H and O–H groups in total. The zero-order valence-electron chi connectivity index (χ0n) is 13.5. The first kappa shape index (κ1) is 16.2. The summed E-state index contributed by atoms with van der Waals surface area (Å²) in [6, 6.07) is 0.285. The number of aromatic nitrogens is 2. The summed E-state index contributed by atoms with van der Waals surface area (Å²) in [7, 11) is 1.73. The van der Waals surface area contributed by atoms with Crippen LogP contribution < -0.4 is 5.32 Å². The molecule has 1 heterocycles. The second kappa shape index (κ2) is 6.53. The normalized spacial score (nSPS) is 13.8. The summed E-state index contributed by atoms with van der Waals surface area (Å²) in [6.07, 6.45) is 1.02. The number of nitrogens with one attached hydrogen (secondary N) is 1. The van der Waals surface area contributed by atoms with Crippen LogP contribution in [0, 0.1) is 13.8 Å². The fourth-order valence-electron chi connectivity index (χ4n) is 2.36. The van der Waals surface area contributed by atoms with Gasteiger partial charge in [-0.15, -0.1) is 0 Å². The molecule has 1 aromatic rings. The molecule has 0 aliphatic carbocycles. The lowest BCUT2D eigenvalue weighted by Gasteiger charge is -2.20. The fraction of sp³-hybridized carbons (Fsp3) is 0.800. The van der Waals surface area contributed by atoms with Crippen LogP contribution in [0.4, 0.5) is 0 Å². The average Bonchev–Trinajstić information content (AvgIpc) is 2.55. The first-order valence-corrected chi connectivity index (χ1v) is 7.05. The van der Waals surface area contributed by atoms with E-state index in [0.717, 1.165) is 18.7 Å². The van der Waals surface area contributed by atoms with Gasteiger partial charge in [-0.1, -0.05) is 0 Å². The Hall–Kier alpha value is -0.870. The third-order valence-corrected chi connectivity index (χ3v) is 3.33. The van der Waals surface area contributed by atoms with Crippen LogP contribution >= 0.6 is 0 Å². The fourth-order valence-corrected chi connectivity index (χ4v) is 2.36. The number of rotatable bonds is 6. The van der Waals surface area contributed by atoms with Crippen LogP contribution in [0.2, 0.25) is 0 Å². The molecule has 0 aliphatic heterocycles. The molecule has 0 aliphatic rings. The van der Waals surface area contributed by atoms with Gasteiger partial charge in [0.2, 0.25) is 0 Å². The van der Waals surface area contributed by atoms with Crippen LogP contribution in [-0.4, -0.2) is 35.6 Å². The van der Waals surface area contributed by atoms with Crippen molar-refractivity contribution in [2.24, 2.45) is 0 Å². The molecule has 4 nitrogen and oxygen atoms in total. The maximum Gasteiger partial charge on any atom is 0.0727 e. The molecule has 1 unspecified atom stereocenters. The van der Waals surface area contributed by atoms with Gasteiger partial charge in [0.15, 0.2) is 0 Å². The van der Waals surface area contributed by atoms with E-state index < -0.39 is 0 Å². The molecular formula is C15H29N3O. The van der Waals surface area contributed by atoms with Crippen LogP contribution in [0.5, 0.6) is 0 Å².